The number of hydrogen-bond acceptors (Lipinski definition) is 3. The highest BCUT2D eigenvalue weighted by Gasteiger charge is 2.42. The molecule has 2 N–H and O–H groups in total. The van der Waals surface area contributed by atoms with Gasteiger partial charge in [-0.2, -0.15) is 0 Å². The van der Waals surface area contributed by atoms with Crippen LogP contribution < -0.4 is 10.6 Å². The third kappa shape index (κ3) is 5.60. The van der Waals surface area contributed by atoms with Crippen LogP contribution in [0.3, 0.4) is 0 Å². The fraction of sp³-hybridized carbons (Fsp3) is 0.474. The van der Waals surface area contributed by atoms with Gasteiger partial charge in [0.1, 0.15) is 11.6 Å². The molecular formula is C19H25F2IN4S. The van der Waals surface area contributed by atoms with Crippen molar-refractivity contribution < 1.29 is 8.78 Å². The Morgan fingerprint density at radius 2 is 2.00 bits per heavy atom. The second-order valence-electron chi connectivity index (χ2n) is 6.49. The third-order valence-corrected chi connectivity index (χ3v) is 5.63. The van der Waals surface area contributed by atoms with Crippen LogP contribution in [0.5, 0.6) is 0 Å². The number of benzene rings is 1. The molecule has 1 aromatic heterocycles. The lowest BCUT2D eigenvalue weighted by Gasteiger charge is -2.11. The summed E-state index contributed by atoms with van der Waals surface area (Å²) in [5.41, 5.74) is 1.25. The maximum Gasteiger partial charge on any atom is 0.191 e. The molecule has 2 unspecified atom stereocenters. The zero-order chi connectivity index (χ0) is 18.7. The van der Waals surface area contributed by atoms with Crippen molar-refractivity contribution >= 4 is 41.3 Å². The number of rotatable bonds is 6. The molecule has 1 heterocycles. The first-order chi connectivity index (χ1) is 12.5. The SMILES string of the molecule is CCNC(=NCCc1nc(C)c(C)s1)NC1CC1c1c(F)cccc1F.I. The molecule has 1 saturated carbocycles. The summed E-state index contributed by atoms with van der Waals surface area (Å²) >= 11 is 1.70. The van der Waals surface area contributed by atoms with Crippen molar-refractivity contribution in [2.45, 2.75) is 45.6 Å². The van der Waals surface area contributed by atoms with E-state index in [0.717, 1.165) is 23.7 Å². The zero-order valence-corrected chi connectivity index (χ0v) is 18.8. The number of nitrogens with zero attached hydrogens (tertiary/aromatic N) is 2. The van der Waals surface area contributed by atoms with Crippen LogP contribution in [-0.2, 0) is 6.42 Å². The average molecular weight is 506 g/mol. The van der Waals surface area contributed by atoms with Crippen molar-refractivity contribution in [1.82, 2.24) is 15.6 Å². The van der Waals surface area contributed by atoms with Gasteiger partial charge in [0.05, 0.1) is 10.7 Å². The summed E-state index contributed by atoms with van der Waals surface area (Å²) in [6.45, 7) is 7.42. The molecule has 0 amide bonds. The molecule has 27 heavy (non-hydrogen) atoms. The van der Waals surface area contributed by atoms with Crippen LogP contribution in [-0.4, -0.2) is 30.1 Å². The van der Waals surface area contributed by atoms with Crippen molar-refractivity contribution in [3.63, 3.8) is 0 Å². The number of aryl methyl sites for hydroxylation is 2. The second kappa shape index (κ2) is 9.77. The molecule has 0 aliphatic heterocycles. The van der Waals surface area contributed by atoms with E-state index in [1.54, 1.807) is 11.3 Å². The molecule has 1 aliphatic rings. The Labute approximate surface area is 179 Å². The fourth-order valence-electron chi connectivity index (χ4n) is 2.94. The third-order valence-electron chi connectivity index (χ3n) is 4.50. The van der Waals surface area contributed by atoms with Crippen LogP contribution in [0.2, 0.25) is 0 Å². The first kappa shape index (κ1) is 22.0. The zero-order valence-electron chi connectivity index (χ0n) is 15.7. The van der Waals surface area contributed by atoms with Gasteiger partial charge in [-0.15, -0.1) is 35.3 Å². The van der Waals surface area contributed by atoms with Gasteiger partial charge in [-0.1, -0.05) is 6.07 Å². The molecule has 3 rings (SSSR count). The first-order valence-corrected chi connectivity index (χ1v) is 9.73. The highest BCUT2D eigenvalue weighted by Crippen LogP contribution is 2.43. The van der Waals surface area contributed by atoms with Crippen molar-refractivity contribution in [3.05, 3.63) is 51.0 Å². The highest BCUT2D eigenvalue weighted by molar-refractivity contribution is 14.0. The molecule has 0 radical (unpaired) electrons. The first-order valence-electron chi connectivity index (χ1n) is 8.91. The molecule has 0 bridgehead atoms. The molecule has 4 nitrogen and oxygen atoms in total. The lowest BCUT2D eigenvalue weighted by atomic mass is 10.1. The second-order valence-corrected chi connectivity index (χ2v) is 7.78. The Balaban J connectivity index is 0.00000261. The van der Waals surface area contributed by atoms with E-state index in [4.69, 9.17) is 0 Å². The Bertz CT molecular complexity index is 769. The van der Waals surface area contributed by atoms with Gasteiger partial charge in [0.25, 0.3) is 0 Å². The van der Waals surface area contributed by atoms with Gasteiger partial charge in [-0.05, 0) is 39.3 Å². The Hall–Kier alpha value is -1.29. The van der Waals surface area contributed by atoms with Gasteiger partial charge in [0.2, 0.25) is 0 Å². The normalized spacial score (nSPS) is 18.8. The van der Waals surface area contributed by atoms with Gasteiger partial charge in [0, 0.05) is 41.9 Å². The molecule has 1 aliphatic carbocycles. The summed E-state index contributed by atoms with van der Waals surface area (Å²) in [5, 5.41) is 7.56. The number of thiazole rings is 1. The number of aromatic nitrogens is 1. The summed E-state index contributed by atoms with van der Waals surface area (Å²) in [6, 6.07) is 4.02. The lowest BCUT2D eigenvalue weighted by molar-refractivity contribution is 0.553. The Morgan fingerprint density at radius 3 is 2.59 bits per heavy atom. The standard InChI is InChI=1S/C19H24F2N4S.HI/c1-4-22-19(23-9-8-17-24-11(2)12(3)26-17)25-16-10-13(16)18-14(20)6-5-7-15(18)21;/h5-7,13,16H,4,8-10H2,1-3H3,(H2,22,23,25);1H. The van der Waals surface area contributed by atoms with Crippen molar-refractivity contribution in [3.8, 4) is 0 Å². The molecule has 148 valence electrons. The summed E-state index contributed by atoms with van der Waals surface area (Å²) < 4.78 is 27.8. The van der Waals surface area contributed by atoms with Gasteiger partial charge >= 0.3 is 0 Å². The van der Waals surface area contributed by atoms with E-state index in [2.05, 4.69) is 27.5 Å². The highest BCUT2D eigenvalue weighted by atomic mass is 127. The summed E-state index contributed by atoms with van der Waals surface area (Å²) in [7, 11) is 0. The summed E-state index contributed by atoms with van der Waals surface area (Å²) in [6.07, 6.45) is 1.49. The fourth-order valence-corrected chi connectivity index (χ4v) is 3.87. The minimum Gasteiger partial charge on any atom is -0.357 e. The minimum atomic E-state index is -0.476. The lowest BCUT2D eigenvalue weighted by Crippen LogP contribution is -2.39. The van der Waals surface area contributed by atoms with Crippen LogP contribution in [0.1, 0.15) is 40.4 Å². The number of halogens is 3. The van der Waals surface area contributed by atoms with Crippen molar-refractivity contribution in [2.24, 2.45) is 4.99 Å². The molecule has 1 aromatic carbocycles. The monoisotopic (exact) mass is 506 g/mol. The molecule has 0 spiro atoms. The van der Waals surface area contributed by atoms with E-state index < -0.39 is 11.6 Å². The quantitative estimate of drug-likeness (QED) is 0.349. The predicted octanol–water partition coefficient (Wildman–Crippen LogP) is 4.31. The van der Waals surface area contributed by atoms with Gasteiger partial charge in [-0.25, -0.2) is 13.8 Å². The minimum absolute atomic E-state index is 0. The maximum absolute atomic E-state index is 13.9. The van der Waals surface area contributed by atoms with Crippen LogP contribution in [0.25, 0.3) is 0 Å². The van der Waals surface area contributed by atoms with Crippen molar-refractivity contribution in [1.29, 1.82) is 0 Å². The summed E-state index contributed by atoms with van der Waals surface area (Å²) in [4.78, 5) is 10.3. The van der Waals surface area contributed by atoms with Crippen LogP contribution >= 0.6 is 35.3 Å². The van der Waals surface area contributed by atoms with E-state index in [1.165, 1.54) is 23.1 Å². The summed E-state index contributed by atoms with van der Waals surface area (Å²) in [5.74, 6) is -0.419. The topological polar surface area (TPSA) is 49.3 Å². The number of hydrogen-bond donors (Lipinski definition) is 2. The number of nitrogens with one attached hydrogen (secondary N) is 2. The molecule has 0 saturated heterocycles. The van der Waals surface area contributed by atoms with Crippen molar-refractivity contribution in [2.75, 3.05) is 13.1 Å². The molecule has 2 atom stereocenters. The molecule has 8 heteroatoms. The van der Waals surface area contributed by atoms with Gasteiger partial charge in [-0.3, -0.25) is 4.99 Å². The van der Waals surface area contributed by atoms with Crippen LogP contribution in [0, 0.1) is 25.5 Å². The number of aliphatic imine (C=N–C) groups is 1. The Kier molecular flexibility index (Phi) is 7.96. The number of guanidine groups is 1. The van der Waals surface area contributed by atoms with E-state index in [0.29, 0.717) is 18.9 Å². The van der Waals surface area contributed by atoms with E-state index >= 15 is 0 Å². The van der Waals surface area contributed by atoms with Crippen LogP contribution in [0.15, 0.2) is 23.2 Å². The molecular weight excluding hydrogens is 481 g/mol. The largest absolute Gasteiger partial charge is 0.357 e. The van der Waals surface area contributed by atoms with E-state index in [1.807, 2.05) is 13.8 Å². The predicted molar refractivity (Wildman–Crippen MR) is 117 cm³/mol. The van der Waals surface area contributed by atoms with E-state index in [9.17, 15) is 8.78 Å². The Morgan fingerprint density at radius 1 is 1.30 bits per heavy atom. The molecule has 2 aromatic rings. The average Bonchev–Trinajstić information content (AvgIpc) is 3.24. The van der Waals surface area contributed by atoms with Gasteiger partial charge < -0.3 is 10.6 Å². The van der Waals surface area contributed by atoms with Crippen LogP contribution in [0.4, 0.5) is 8.78 Å². The maximum atomic E-state index is 13.9. The molecule has 1 fully saturated rings. The van der Waals surface area contributed by atoms with Gasteiger partial charge in [0.15, 0.2) is 5.96 Å². The smallest absolute Gasteiger partial charge is 0.191 e. The van der Waals surface area contributed by atoms with E-state index in [-0.39, 0.29) is 41.5 Å².